The van der Waals surface area contributed by atoms with E-state index in [0.717, 1.165) is 0 Å². The second-order valence-corrected chi connectivity index (χ2v) is 6.55. The Balaban J connectivity index is 2.01. The molecule has 0 unspecified atom stereocenters. The fraction of sp³-hybridized carbons (Fsp3) is 0.500. The molecule has 0 radical (unpaired) electrons. The number of epoxide rings is 1. The zero-order chi connectivity index (χ0) is 18.3. The largest absolute Gasteiger partial charge is 0.455 e. The van der Waals surface area contributed by atoms with Crippen molar-refractivity contribution >= 4 is 18.2 Å². The molecule has 6 atom stereocenters. The first-order chi connectivity index (χ1) is 11.8. The van der Waals surface area contributed by atoms with Gasteiger partial charge in [-0.15, -0.1) is 0 Å². The van der Waals surface area contributed by atoms with Crippen molar-refractivity contribution in [3.63, 3.8) is 0 Å². The minimum Gasteiger partial charge on any atom is -0.455 e. The monoisotopic (exact) mass is 348 g/mol. The Bertz CT molecular complexity index is 677. The van der Waals surface area contributed by atoms with E-state index in [-0.39, 0.29) is 28.9 Å². The topological polar surface area (TPSA) is 102 Å². The second-order valence-electron chi connectivity index (χ2n) is 6.55. The maximum Gasteiger partial charge on any atom is 0.334 e. The highest BCUT2D eigenvalue weighted by molar-refractivity contribution is 5.92. The fourth-order valence-electron chi connectivity index (χ4n) is 3.34. The molecule has 7 heteroatoms. The Morgan fingerprint density at radius 3 is 2.80 bits per heavy atom. The number of fused-ring (bicyclic) bond motifs is 3. The van der Waals surface area contributed by atoms with Crippen molar-refractivity contribution in [2.75, 3.05) is 0 Å². The van der Waals surface area contributed by atoms with E-state index < -0.39 is 36.2 Å². The molecule has 0 aromatic rings. The van der Waals surface area contributed by atoms with Crippen LogP contribution in [0.3, 0.4) is 0 Å². The third-order valence-corrected chi connectivity index (χ3v) is 4.77. The normalized spacial score (nSPS) is 39.2. The van der Waals surface area contributed by atoms with Crippen LogP contribution in [0.4, 0.5) is 0 Å². The van der Waals surface area contributed by atoms with Crippen LogP contribution in [0.5, 0.6) is 0 Å². The molecule has 0 aromatic carbocycles. The number of hydrogen-bond acceptors (Lipinski definition) is 7. The summed E-state index contributed by atoms with van der Waals surface area (Å²) in [5, 5.41) is 10.7. The van der Waals surface area contributed by atoms with Gasteiger partial charge >= 0.3 is 11.9 Å². The van der Waals surface area contributed by atoms with Gasteiger partial charge in [-0.25, -0.2) is 9.59 Å². The van der Waals surface area contributed by atoms with E-state index in [4.69, 9.17) is 14.2 Å². The maximum absolute atomic E-state index is 12.0. The summed E-state index contributed by atoms with van der Waals surface area (Å²) in [6, 6.07) is 0. The van der Waals surface area contributed by atoms with Gasteiger partial charge in [0.25, 0.3) is 0 Å². The lowest BCUT2D eigenvalue weighted by Gasteiger charge is -2.30. The molecular formula is C18H20O7. The summed E-state index contributed by atoms with van der Waals surface area (Å²) in [6.45, 7) is 8.71. The van der Waals surface area contributed by atoms with Gasteiger partial charge in [0, 0.05) is 16.7 Å². The highest BCUT2D eigenvalue weighted by Crippen LogP contribution is 2.44. The summed E-state index contributed by atoms with van der Waals surface area (Å²) in [7, 11) is 0. The molecule has 1 N–H and O–H groups in total. The summed E-state index contributed by atoms with van der Waals surface area (Å²) in [5.74, 6) is -2.16. The molecule has 0 saturated carbocycles. The van der Waals surface area contributed by atoms with Crippen molar-refractivity contribution in [1.82, 2.24) is 0 Å². The summed E-state index contributed by atoms with van der Waals surface area (Å²) >= 11 is 0. The molecule has 3 aliphatic rings. The molecule has 0 amide bonds. The first-order valence-corrected chi connectivity index (χ1v) is 8.10. The van der Waals surface area contributed by atoms with E-state index in [1.807, 2.05) is 0 Å². The predicted molar refractivity (Wildman–Crippen MR) is 85.3 cm³/mol. The molecule has 0 aromatic heterocycles. The van der Waals surface area contributed by atoms with Gasteiger partial charge in [0.15, 0.2) is 0 Å². The maximum atomic E-state index is 12.0. The standard InChI is InChI=1S/C18H20O7/c1-8(2)17(21)24-15-12-9(3)18(22)25-16(12)14-11(23-14)6-4-5-10(7-19)13(15)20/h5,7,11-16,20H,1,3-4,6H2,2H3/b10-5-/t11-,12-,13+,14-,15+,16+/m1/s1. The second kappa shape index (κ2) is 6.57. The van der Waals surface area contributed by atoms with Gasteiger partial charge in [-0.1, -0.05) is 19.2 Å². The Morgan fingerprint density at radius 2 is 2.16 bits per heavy atom. The average molecular weight is 348 g/mol. The van der Waals surface area contributed by atoms with E-state index in [1.165, 1.54) is 6.92 Å². The summed E-state index contributed by atoms with van der Waals surface area (Å²) in [5.41, 5.74) is 0.307. The van der Waals surface area contributed by atoms with E-state index in [9.17, 15) is 19.5 Å². The number of hydrogen-bond donors (Lipinski definition) is 1. The van der Waals surface area contributed by atoms with Crippen LogP contribution in [0.2, 0.25) is 0 Å². The number of aldehydes is 1. The number of aliphatic hydroxyl groups excluding tert-OH is 1. The number of aliphatic hydroxyl groups is 1. The SMILES string of the molecule is C=C(C)C(=O)O[C@H]1[C@H]2C(=C)C(=O)O[C@@H]2[C@@H]2O[C@@H]2CC/C=C(/C=O)[C@@H]1O. The lowest BCUT2D eigenvalue weighted by Crippen LogP contribution is -2.45. The Kier molecular flexibility index (Phi) is 4.62. The smallest absolute Gasteiger partial charge is 0.334 e. The highest BCUT2D eigenvalue weighted by atomic mass is 16.6. The van der Waals surface area contributed by atoms with Gasteiger partial charge in [-0.05, 0) is 19.8 Å². The zero-order valence-electron chi connectivity index (χ0n) is 13.8. The summed E-state index contributed by atoms with van der Waals surface area (Å²) in [6.07, 6.45) is -0.498. The van der Waals surface area contributed by atoms with Crippen LogP contribution in [0.1, 0.15) is 19.8 Å². The molecule has 2 aliphatic heterocycles. The molecule has 25 heavy (non-hydrogen) atoms. The molecule has 2 heterocycles. The fourth-order valence-corrected chi connectivity index (χ4v) is 3.34. The molecule has 2 fully saturated rings. The van der Waals surface area contributed by atoms with Crippen molar-refractivity contribution in [2.24, 2.45) is 5.92 Å². The van der Waals surface area contributed by atoms with Crippen molar-refractivity contribution in [3.8, 4) is 0 Å². The number of rotatable bonds is 3. The van der Waals surface area contributed by atoms with Crippen LogP contribution in [-0.4, -0.2) is 53.9 Å². The third kappa shape index (κ3) is 3.17. The van der Waals surface area contributed by atoms with Gasteiger partial charge in [0.2, 0.25) is 0 Å². The predicted octanol–water partition coefficient (Wildman–Crippen LogP) is 0.619. The molecule has 1 aliphatic carbocycles. The number of carbonyl (C=O) groups is 3. The Hall–Kier alpha value is -2.25. The molecule has 0 bridgehead atoms. The highest BCUT2D eigenvalue weighted by Gasteiger charge is 2.58. The van der Waals surface area contributed by atoms with Gasteiger partial charge in [0.1, 0.15) is 30.7 Å². The number of ether oxygens (including phenoxy) is 3. The van der Waals surface area contributed by atoms with Crippen LogP contribution in [0.15, 0.2) is 36.0 Å². The third-order valence-electron chi connectivity index (χ3n) is 4.77. The molecular weight excluding hydrogens is 328 g/mol. The van der Waals surface area contributed by atoms with E-state index in [1.54, 1.807) is 6.08 Å². The lowest BCUT2D eigenvalue weighted by molar-refractivity contribution is -0.155. The molecule has 2 saturated heterocycles. The number of allylic oxidation sites excluding steroid dienone is 1. The van der Waals surface area contributed by atoms with Crippen molar-refractivity contribution in [1.29, 1.82) is 0 Å². The number of esters is 2. The van der Waals surface area contributed by atoms with Gasteiger partial charge in [-0.2, -0.15) is 0 Å². The first kappa shape index (κ1) is 17.6. The first-order valence-electron chi connectivity index (χ1n) is 8.10. The van der Waals surface area contributed by atoms with Crippen LogP contribution in [0.25, 0.3) is 0 Å². The lowest BCUT2D eigenvalue weighted by atomic mass is 9.83. The zero-order valence-corrected chi connectivity index (χ0v) is 13.8. The van der Waals surface area contributed by atoms with Gasteiger partial charge in [-0.3, -0.25) is 4.79 Å². The van der Waals surface area contributed by atoms with Crippen LogP contribution in [0, 0.1) is 5.92 Å². The molecule has 0 spiro atoms. The van der Waals surface area contributed by atoms with Crippen LogP contribution < -0.4 is 0 Å². The molecule has 134 valence electrons. The van der Waals surface area contributed by atoms with E-state index >= 15 is 0 Å². The van der Waals surface area contributed by atoms with Crippen LogP contribution in [-0.2, 0) is 28.6 Å². The summed E-state index contributed by atoms with van der Waals surface area (Å²) in [4.78, 5) is 35.5. The van der Waals surface area contributed by atoms with Crippen LogP contribution >= 0.6 is 0 Å². The van der Waals surface area contributed by atoms with Crippen molar-refractivity contribution in [3.05, 3.63) is 36.0 Å². The van der Waals surface area contributed by atoms with Gasteiger partial charge < -0.3 is 19.3 Å². The van der Waals surface area contributed by atoms with E-state index in [2.05, 4.69) is 13.2 Å². The molecule has 7 nitrogen and oxygen atoms in total. The quantitative estimate of drug-likeness (QED) is 0.345. The Morgan fingerprint density at radius 1 is 1.44 bits per heavy atom. The molecule has 3 rings (SSSR count). The number of carbonyl (C=O) groups excluding carboxylic acids is 3. The minimum atomic E-state index is -1.41. The van der Waals surface area contributed by atoms with Gasteiger partial charge in [0.05, 0.1) is 12.0 Å². The van der Waals surface area contributed by atoms with Crippen molar-refractivity contribution in [2.45, 2.75) is 50.3 Å². The average Bonchev–Trinajstić information content (AvgIpc) is 3.28. The van der Waals surface area contributed by atoms with Crippen molar-refractivity contribution < 1.29 is 33.7 Å². The minimum absolute atomic E-state index is 0.0867. The Labute approximate surface area is 144 Å². The van der Waals surface area contributed by atoms with E-state index in [0.29, 0.717) is 19.1 Å². The summed E-state index contributed by atoms with van der Waals surface area (Å²) < 4.78 is 16.3.